The van der Waals surface area contributed by atoms with E-state index in [1.807, 2.05) is 4.90 Å². The van der Waals surface area contributed by atoms with Crippen LogP contribution >= 0.6 is 0 Å². The number of sulfonamides is 1. The lowest BCUT2D eigenvalue weighted by molar-refractivity contribution is -0.258. The number of piperazine rings is 1. The summed E-state index contributed by atoms with van der Waals surface area (Å²) < 4.78 is 73.5. The first-order valence-corrected chi connectivity index (χ1v) is 13.4. The molecule has 0 amide bonds. The average molecular weight is 528 g/mol. The summed E-state index contributed by atoms with van der Waals surface area (Å²) in [5, 5.41) is 10.0. The lowest BCUT2D eigenvalue weighted by atomic mass is 9.95. The largest absolute Gasteiger partial charge is 0.421 e. The summed E-state index contributed by atoms with van der Waals surface area (Å²) in [5.74, 6) is 0. The van der Waals surface area contributed by atoms with E-state index in [-0.39, 0.29) is 35.6 Å². The van der Waals surface area contributed by atoms with Gasteiger partial charge in [-0.15, -0.1) is 0 Å². The van der Waals surface area contributed by atoms with Gasteiger partial charge in [-0.25, -0.2) is 8.42 Å². The predicted molar refractivity (Wildman–Crippen MR) is 130 cm³/mol. The van der Waals surface area contributed by atoms with Crippen LogP contribution in [0, 0.1) is 0 Å². The highest BCUT2D eigenvalue weighted by Gasteiger charge is 2.51. The van der Waals surface area contributed by atoms with E-state index >= 15 is 0 Å². The van der Waals surface area contributed by atoms with Crippen LogP contribution in [-0.2, 0) is 20.4 Å². The van der Waals surface area contributed by atoms with Crippen molar-refractivity contribution < 1.29 is 31.4 Å². The summed E-state index contributed by atoms with van der Waals surface area (Å²) in [7, 11) is -3.69. The van der Waals surface area contributed by atoms with Gasteiger partial charge in [0.05, 0.1) is 24.2 Å². The van der Waals surface area contributed by atoms with Gasteiger partial charge in [-0.05, 0) is 43.7 Å². The first-order valence-electron chi connectivity index (χ1n) is 11.9. The molecule has 2 heterocycles. The van der Waals surface area contributed by atoms with Crippen molar-refractivity contribution >= 4 is 15.7 Å². The van der Waals surface area contributed by atoms with Crippen molar-refractivity contribution in [2.24, 2.45) is 0 Å². The fourth-order valence-corrected chi connectivity index (χ4v) is 6.22. The van der Waals surface area contributed by atoms with E-state index in [4.69, 9.17) is 4.74 Å². The number of aliphatic hydroxyl groups is 1. The van der Waals surface area contributed by atoms with Crippen LogP contribution in [0.15, 0.2) is 59.5 Å². The molecule has 0 aliphatic carbocycles. The number of anilines is 1. The van der Waals surface area contributed by atoms with Gasteiger partial charge in [-0.3, -0.25) is 4.90 Å². The summed E-state index contributed by atoms with van der Waals surface area (Å²) in [5.41, 5.74) is -2.53. The smallest absolute Gasteiger partial charge is 0.379 e. The number of halogens is 3. The minimum Gasteiger partial charge on any atom is -0.379 e. The molecule has 2 aliphatic heterocycles. The molecule has 0 spiro atoms. The first kappa shape index (κ1) is 26.9. The van der Waals surface area contributed by atoms with Crippen molar-refractivity contribution in [3.05, 3.63) is 60.2 Å². The zero-order valence-electron chi connectivity index (χ0n) is 20.4. The van der Waals surface area contributed by atoms with E-state index in [1.54, 1.807) is 42.5 Å². The minimum atomic E-state index is -4.80. The summed E-state index contributed by atoms with van der Waals surface area (Å²) in [6.07, 6.45) is -4.80. The Morgan fingerprint density at radius 1 is 1.03 bits per heavy atom. The maximum Gasteiger partial charge on any atom is 0.421 e. The standard InChI is InChI=1S/C25H32F3N3O4S/c1-19-18-35-15-14-29(19)16-22-17-30(36(33,34)23-6-4-3-5-7-23)12-13-31(22)21-10-8-20(9-11-21)24(2,32)25(26,27)28/h3-11,19,22,32H,12-18H2,1-2H3/t19-,22-,24?/m0/s1. The zero-order chi connectivity index (χ0) is 26.1. The molecule has 36 heavy (non-hydrogen) atoms. The van der Waals surface area contributed by atoms with Gasteiger partial charge in [0.2, 0.25) is 10.0 Å². The maximum absolute atomic E-state index is 13.3. The van der Waals surface area contributed by atoms with Crippen molar-refractivity contribution in [1.29, 1.82) is 0 Å². The SMILES string of the molecule is C[C@H]1COCCN1C[C@H]1CN(S(=O)(=O)c2ccccc2)CCN1c1ccc(C(C)(O)C(F)(F)F)cc1. The van der Waals surface area contributed by atoms with Gasteiger partial charge in [-0.1, -0.05) is 30.3 Å². The molecule has 11 heteroatoms. The Labute approximate surface area is 210 Å². The molecule has 3 atom stereocenters. The van der Waals surface area contributed by atoms with Crippen LogP contribution in [0.1, 0.15) is 19.4 Å². The lowest BCUT2D eigenvalue weighted by Crippen LogP contribution is -2.60. The Morgan fingerprint density at radius 2 is 1.69 bits per heavy atom. The zero-order valence-corrected chi connectivity index (χ0v) is 21.2. The highest BCUT2D eigenvalue weighted by Crippen LogP contribution is 2.39. The van der Waals surface area contributed by atoms with Crippen LogP contribution in [0.4, 0.5) is 18.9 Å². The van der Waals surface area contributed by atoms with Crippen molar-refractivity contribution in [2.45, 2.75) is 42.6 Å². The summed E-state index contributed by atoms with van der Waals surface area (Å²) in [6, 6.07) is 13.9. The van der Waals surface area contributed by atoms with Crippen LogP contribution in [0.5, 0.6) is 0 Å². The fourth-order valence-electron chi connectivity index (χ4n) is 4.73. The van der Waals surface area contributed by atoms with Crippen LogP contribution in [0.2, 0.25) is 0 Å². The second-order valence-corrected chi connectivity index (χ2v) is 11.5. The number of morpholine rings is 1. The second-order valence-electron chi connectivity index (χ2n) is 9.56. The average Bonchev–Trinajstić information content (AvgIpc) is 2.85. The molecule has 0 radical (unpaired) electrons. The van der Waals surface area contributed by atoms with E-state index in [0.717, 1.165) is 6.92 Å². The van der Waals surface area contributed by atoms with Crippen molar-refractivity contribution in [2.75, 3.05) is 50.8 Å². The Bertz CT molecular complexity index is 1130. The summed E-state index contributed by atoms with van der Waals surface area (Å²) in [6.45, 7) is 6.11. The quantitative estimate of drug-likeness (QED) is 0.623. The van der Waals surface area contributed by atoms with Crippen molar-refractivity contribution in [3.63, 3.8) is 0 Å². The number of alkyl halides is 3. The molecule has 0 aromatic heterocycles. The molecule has 2 aromatic carbocycles. The van der Waals surface area contributed by atoms with Crippen LogP contribution in [-0.4, -0.2) is 86.9 Å². The van der Waals surface area contributed by atoms with Gasteiger partial charge in [0.15, 0.2) is 5.60 Å². The number of ether oxygens (including phenoxy) is 1. The van der Waals surface area contributed by atoms with E-state index in [2.05, 4.69) is 11.8 Å². The van der Waals surface area contributed by atoms with E-state index in [1.165, 1.54) is 16.4 Å². The van der Waals surface area contributed by atoms with Crippen LogP contribution in [0.25, 0.3) is 0 Å². The molecule has 4 rings (SSSR count). The molecule has 1 N–H and O–H groups in total. The Morgan fingerprint density at radius 3 is 2.31 bits per heavy atom. The minimum absolute atomic E-state index is 0.158. The summed E-state index contributed by atoms with van der Waals surface area (Å²) >= 11 is 0. The topological polar surface area (TPSA) is 73.3 Å². The number of hydrogen-bond donors (Lipinski definition) is 1. The molecule has 0 bridgehead atoms. The first-order chi connectivity index (χ1) is 16.9. The van der Waals surface area contributed by atoms with Gasteiger partial charge < -0.3 is 14.7 Å². The van der Waals surface area contributed by atoms with E-state index < -0.39 is 21.8 Å². The molecule has 198 valence electrons. The number of nitrogens with zero attached hydrogens (tertiary/aromatic N) is 3. The van der Waals surface area contributed by atoms with E-state index in [0.29, 0.717) is 38.5 Å². The third kappa shape index (κ3) is 5.40. The summed E-state index contributed by atoms with van der Waals surface area (Å²) in [4.78, 5) is 4.53. The maximum atomic E-state index is 13.3. The van der Waals surface area contributed by atoms with Crippen LogP contribution in [0.3, 0.4) is 0 Å². The number of rotatable bonds is 6. The molecule has 0 saturated carbocycles. The molecule has 7 nitrogen and oxygen atoms in total. The molecule has 2 aromatic rings. The van der Waals surface area contributed by atoms with Gasteiger partial charge in [0.1, 0.15) is 0 Å². The van der Waals surface area contributed by atoms with Crippen molar-refractivity contribution in [3.8, 4) is 0 Å². The Hall–Kier alpha value is -2.18. The fraction of sp³-hybridized carbons (Fsp3) is 0.520. The third-order valence-electron chi connectivity index (χ3n) is 7.09. The van der Waals surface area contributed by atoms with Gasteiger partial charge in [0, 0.05) is 44.5 Å². The van der Waals surface area contributed by atoms with Gasteiger partial charge in [-0.2, -0.15) is 17.5 Å². The van der Waals surface area contributed by atoms with E-state index in [9.17, 15) is 26.7 Å². The molecule has 2 fully saturated rings. The van der Waals surface area contributed by atoms with Crippen LogP contribution < -0.4 is 4.90 Å². The molecular formula is C25H32F3N3O4S. The lowest BCUT2D eigenvalue weighted by Gasteiger charge is -2.45. The van der Waals surface area contributed by atoms with Crippen molar-refractivity contribution in [1.82, 2.24) is 9.21 Å². The normalized spacial score (nSPS) is 24.4. The molecular weight excluding hydrogens is 495 g/mol. The third-order valence-corrected chi connectivity index (χ3v) is 8.97. The monoisotopic (exact) mass is 527 g/mol. The Balaban J connectivity index is 1.61. The molecule has 2 aliphatic rings. The highest BCUT2D eigenvalue weighted by molar-refractivity contribution is 7.89. The molecule has 1 unspecified atom stereocenters. The predicted octanol–water partition coefficient (Wildman–Crippen LogP) is 3.06. The van der Waals surface area contributed by atoms with Gasteiger partial charge in [0.25, 0.3) is 0 Å². The number of benzene rings is 2. The van der Waals surface area contributed by atoms with Gasteiger partial charge >= 0.3 is 6.18 Å². The Kier molecular flexibility index (Phi) is 7.68. The highest BCUT2D eigenvalue weighted by atomic mass is 32.2. The number of hydrogen-bond acceptors (Lipinski definition) is 6. The molecule has 2 saturated heterocycles. The second kappa shape index (κ2) is 10.3.